The molecule has 0 aromatic carbocycles. The van der Waals surface area contributed by atoms with Gasteiger partial charge in [0.2, 0.25) is 5.91 Å². The molecule has 0 atom stereocenters. The summed E-state index contributed by atoms with van der Waals surface area (Å²) in [6, 6.07) is 6.86. The number of aryl methyl sites for hydroxylation is 1. The Bertz CT molecular complexity index is 1000. The van der Waals surface area contributed by atoms with Crippen LogP contribution in [0.3, 0.4) is 0 Å². The largest absolute Gasteiger partial charge is 0.353 e. The third kappa shape index (κ3) is 3.03. The number of carbonyl (C=O) groups excluding carboxylic acids is 1. The molecule has 3 aromatic rings. The molecular weight excluding hydrogens is 334 g/mol. The first-order chi connectivity index (χ1) is 12.6. The maximum atomic E-state index is 12.5. The van der Waals surface area contributed by atoms with Gasteiger partial charge in [-0.15, -0.1) is 0 Å². The summed E-state index contributed by atoms with van der Waals surface area (Å²) in [5.74, 6) is 1.45. The second-order valence-electron chi connectivity index (χ2n) is 6.26. The lowest BCUT2D eigenvalue weighted by Crippen LogP contribution is -2.50. The minimum absolute atomic E-state index is 0.0465. The molecule has 3 aromatic heterocycles. The van der Waals surface area contributed by atoms with Gasteiger partial charge >= 0.3 is 0 Å². The number of hydrogen-bond donors (Lipinski definition) is 0. The van der Waals surface area contributed by atoms with Crippen LogP contribution in [0.5, 0.6) is 0 Å². The van der Waals surface area contributed by atoms with E-state index in [0.717, 1.165) is 11.5 Å². The van der Waals surface area contributed by atoms with Gasteiger partial charge in [-0.3, -0.25) is 9.59 Å². The maximum Gasteiger partial charge on any atom is 0.254 e. The molecule has 0 spiro atoms. The van der Waals surface area contributed by atoms with E-state index in [1.807, 2.05) is 13.0 Å². The van der Waals surface area contributed by atoms with Gasteiger partial charge in [-0.1, -0.05) is 6.07 Å². The van der Waals surface area contributed by atoms with E-state index in [0.29, 0.717) is 32.0 Å². The van der Waals surface area contributed by atoms with Gasteiger partial charge in [-0.05, 0) is 13.0 Å². The molecular formula is C17H19N7O2. The third-order valence-corrected chi connectivity index (χ3v) is 4.52. The summed E-state index contributed by atoms with van der Waals surface area (Å²) in [7, 11) is 0. The fourth-order valence-corrected chi connectivity index (χ4v) is 3.16. The summed E-state index contributed by atoms with van der Waals surface area (Å²) >= 11 is 0. The van der Waals surface area contributed by atoms with Gasteiger partial charge in [0.1, 0.15) is 18.7 Å². The van der Waals surface area contributed by atoms with Crippen LogP contribution in [0.25, 0.3) is 5.78 Å². The van der Waals surface area contributed by atoms with Crippen LogP contribution in [0, 0.1) is 6.92 Å². The number of anilines is 1. The molecule has 1 fully saturated rings. The lowest BCUT2D eigenvalue weighted by molar-refractivity contribution is -0.132. The quantitative estimate of drug-likeness (QED) is 0.656. The number of aromatic nitrogens is 5. The van der Waals surface area contributed by atoms with Gasteiger partial charge in [0.15, 0.2) is 0 Å². The van der Waals surface area contributed by atoms with E-state index in [1.165, 1.54) is 17.0 Å². The number of carbonyl (C=O) groups is 1. The first kappa shape index (κ1) is 16.2. The van der Waals surface area contributed by atoms with Crippen molar-refractivity contribution in [1.82, 2.24) is 29.0 Å². The number of rotatable bonds is 3. The third-order valence-electron chi connectivity index (χ3n) is 4.52. The molecule has 1 aliphatic heterocycles. The van der Waals surface area contributed by atoms with Crippen molar-refractivity contribution in [3.8, 4) is 0 Å². The van der Waals surface area contributed by atoms with E-state index in [1.54, 1.807) is 27.7 Å². The molecule has 9 heteroatoms. The summed E-state index contributed by atoms with van der Waals surface area (Å²) in [6.07, 6.45) is 3.13. The highest BCUT2D eigenvalue weighted by Crippen LogP contribution is 2.18. The van der Waals surface area contributed by atoms with Crippen molar-refractivity contribution < 1.29 is 4.79 Å². The minimum atomic E-state index is -0.166. The number of piperazine rings is 1. The smallest absolute Gasteiger partial charge is 0.254 e. The standard InChI is InChI=1S/C17H19N7O2/c1-13-10-14(24-17(20-13)18-12-19-24)21-6-8-22(9-7-21)16(26)11-23-5-3-2-4-15(23)25/h2-5,10,12H,6-9,11H2,1H3. The summed E-state index contributed by atoms with van der Waals surface area (Å²) in [6.45, 7) is 4.56. The summed E-state index contributed by atoms with van der Waals surface area (Å²) in [5, 5.41) is 4.24. The number of hydrogen-bond acceptors (Lipinski definition) is 6. The van der Waals surface area contributed by atoms with Crippen LogP contribution in [-0.2, 0) is 11.3 Å². The second-order valence-corrected chi connectivity index (χ2v) is 6.26. The molecule has 1 aliphatic rings. The Morgan fingerprint density at radius 1 is 1.19 bits per heavy atom. The van der Waals surface area contributed by atoms with Gasteiger partial charge in [0, 0.05) is 50.2 Å². The Hall–Kier alpha value is -3.23. The molecule has 0 radical (unpaired) electrons. The topological polar surface area (TPSA) is 88.6 Å². The lowest BCUT2D eigenvalue weighted by atomic mass is 10.3. The molecule has 1 amide bonds. The zero-order valence-electron chi connectivity index (χ0n) is 14.4. The van der Waals surface area contributed by atoms with Crippen molar-refractivity contribution in [2.45, 2.75) is 13.5 Å². The molecule has 1 saturated heterocycles. The predicted molar refractivity (Wildman–Crippen MR) is 95.0 cm³/mol. The van der Waals surface area contributed by atoms with Crippen molar-refractivity contribution in [1.29, 1.82) is 0 Å². The van der Waals surface area contributed by atoms with Crippen LogP contribution in [0.4, 0.5) is 5.82 Å². The molecule has 0 saturated carbocycles. The van der Waals surface area contributed by atoms with Gasteiger partial charge in [0.25, 0.3) is 11.3 Å². The van der Waals surface area contributed by atoms with E-state index in [4.69, 9.17) is 0 Å². The lowest BCUT2D eigenvalue weighted by Gasteiger charge is -2.36. The summed E-state index contributed by atoms with van der Waals surface area (Å²) in [4.78, 5) is 36.7. The average Bonchev–Trinajstić information content (AvgIpc) is 3.11. The molecule has 26 heavy (non-hydrogen) atoms. The highest BCUT2D eigenvalue weighted by Gasteiger charge is 2.23. The fraction of sp³-hybridized carbons (Fsp3) is 0.353. The molecule has 0 bridgehead atoms. The Labute approximate surface area is 149 Å². The highest BCUT2D eigenvalue weighted by molar-refractivity contribution is 5.76. The molecule has 9 nitrogen and oxygen atoms in total. The van der Waals surface area contributed by atoms with Crippen LogP contribution in [0.2, 0.25) is 0 Å². The van der Waals surface area contributed by atoms with Gasteiger partial charge in [-0.2, -0.15) is 14.6 Å². The van der Waals surface area contributed by atoms with Crippen LogP contribution in [-0.4, -0.2) is 61.1 Å². The number of fused-ring (bicyclic) bond motifs is 1. The summed E-state index contributed by atoms with van der Waals surface area (Å²) in [5.41, 5.74) is 0.711. The van der Waals surface area contributed by atoms with Crippen molar-refractivity contribution in [2.24, 2.45) is 0 Å². The average molecular weight is 353 g/mol. The normalized spacial score (nSPS) is 14.8. The zero-order chi connectivity index (χ0) is 18.1. The fourth-order valence-electron chi connectivity index (χ4n) is 3.16. The van der Waals surface area contributed by atoms with E-state index >= 15 is 0 Å². The van der Waals surface area contributed by atoms with Crippen molar-refractivity contribution >= 4 is 17.5 Å². The Kier molecular flexibility index (Phi) is 4.11. The maximum absolute atomic E-state index is 12.5. The second kappa shape index (κ2) is 6.58. The first-order valence-electron chi connectivity index (χ1n) is 8.47. The molecule has 134 valence electrons. The van der Waals surface area contributed by atoms with Crippen LogP contribution in [0.15, 0.2) is 41.6 Å². The van der Waals surface area contributed by atoms with E-state index in [9.17, 15) is 9.59 Å². The minimum Gasteiger partial charge on any atom is -0.353 e. The van der Waals surface area contributed by atoms with Crippen LogP contribution in [0.1, 0.15) is 5.69 Å². The molecule has 0 unspecified atom stereocenters. The number of nitrogens with zero attached hydrogens (tertiary/aromatic N) is 7. The Morgan fingerprint density at radius 3 is 2.77 bits per heavy atom. The SMILES string of the molecule is Cc1cc(N2CCN(C(=O)Cn3ccccc3=O)CC2)n2ncnc2n1. The van der Waals surface area contributed by atoms with Crippen LogP contribution >= 0.6 is 0 Å². The van der Waals surface area contributed by atoms with Crippen LogP contribution < -0.4 is 10.5 Å². The van der Waals surface area contributed by atoms with Crippen molar-refractivity contribution in [3.05, 3.63) is 52.8 Å². The zero-order valence-corrected chi connectivity index (χ0v) is 14.4. The molecule has 4 heterocycles. The Balaban J connectivity index is 1.45. The van der Waals surface area contributed by atoms with Gasteiger partial charge < -0.3 is 14.4 Å². The Morgan fingerprint density at radius 2 is 2.00 bits per heavy atom. The van der Waals surface area contributed by atoms with E-state index in [2.05, 4.69) is 20.0 Å². The highest BCUT2D eigenvalue weighted by atomic mass is 16.2. The number of amides is 1. The molecule has 4 rings (SSSR count). The monoisotopic (exact) mass is 353 g/mol. The molecule has 0 N–H and O–H groups in total. The van der Waals surface area contributed by atoms with Gasteiger partial charge in [0.05, 0.1) is 0 Å². The number of pyridine rings is 1. The van der Waals surface area contributed by atoms with Gasteiger partial charge in [-0.25, -0.2) is 4.98 Å². The van der Waals surface area contributed by atoms with Crippen molar-refractivity contribution in [2.75, 3.05) is 31.1 Å². The predicted octanol–water partition coefficient (Wildman–Crippen LogP) is -0.0568. The molecule has 0 aliphatic carbocycles. The van der Waals surface area contributed by atoms with E-state index < -0.39 is 0 Å². The van der Waals surface area contributed by atoms with E-state index in [-0.39, 0.29) is 18.0 Å². The summed E-state index contributed by atoms with van der Waals surface area (Å²) < 4.78 is 3.15. The van der Waals surface area contributed by atoms with Crippen molar-refractivity contribution in [3.63, 3.8) is 0 Å². The first-order valence-corrected chi connectivity index (χ1v) is 8.47.